The van der Waals surface area contributed by atoms with Gasteiger partial charge in [0.15, 0.2) is 5.78 Å². The van der Waals surface area contributed by atoms with E-state index in [0.717, 1.165) is 5.56 Å². The molecule has 0 aliphatic heterocycles. The lowest BCUT2D eigenvalue weighted by atomic mass is 10.0. The summed E-state index contributed by atoms with van der Waals surface area (Å²) < 4.78 is 0. The molecule has 1 nitrogen and oxygen atoms in total. The average molecular weight is 188 g/mol. The second kappa shape index (κ2) is 4.75. The van der Waals surface area contributed by atoms with Crippen LogP contribution in [0.1, 0.15) is 23.6 Å². The van der Waals surface area contributed by atoms with Crippen LogP contribution in [0.3, 0.4) is 0 Å². The maximum Gasteiger partial charge on any atom is 0.159 e. The molecule has 0 bridgehead atoms. The van der Waals surface area contributed by atoms with Crippen molar-refractivity contribution in [2.24, 2.45) is 0 Å². The second-order valence-electron chi connectivity index (χ2n) is 3.56. The summed E-state index contributed by atoms with van der Waals surface area (Å²) in [6.45, 7) is 6.00. The van der Waals surface area contributed by atoms with E-state index in [1.807, 2.05) is 13.0 Å². The standard InChI is InChI=1S/C13H16O/c1-4-5-13(14)9-12-7-6-10(2)11(3)8-12/h4-8H,9H2,1-3H3/b5-4+. The zero-order valence-corrected chi connectivity index (χ0v) is 9.00. The maximum absolute atomic E-state index is 11.3. The first kappa shape index (κ1) is 10.7. The van der Waals surface area contributed by atoms with Crippen LogP contribution in [0, 0.1) is 13.8 Å². The summed E-state index contributed by atoms with van der Waals surface area (Å²) in [5.41, 5.74) is 3.61. The van der Waals surface area contributed by atoms with Crippen LogP contribution in [0.15, 0.2) is 30.4 Å². The predicted molar refractivity (Wildman–Crippen MR) is 59.4 cm³/mol. The highest BCUT2D eigenvalue weighted by Crippen LogP contribution is 2.10. The van der Waals surface area contributed by atoms with Gasteiger partial charge in [-0.3, -0.25) is 4.79 Å². The van der Waals surface area contributed by atoms with Gasteiger partial charge in [0, 0.05) is 6.42 Å². The molecule has 0 aliphatic rings. The van der Waals surface area contributed by atoms with Crippen molar-refractivity contribution in [1.29, 1.82) is 0 Å². The van der Waals surface area contributed by atoms with Gasteiger partial charge in [0.2, 0.25) is 0 Å². The largest absolute Gasteiger partial charge is 0.294 e. The van der Waals surface area contributed by atoms with Gasteiger partial charge in [-0.1, -0.05) is 24.3 Å². The number of ketones is 1. The molecule has 0 aromatic heterocycles. The lowest BCUT2D eigenvalue weighted by Crippen LogP contribution is -1.98. The van der Waals surface area contributed by atoms with Crippen LogP contribution in [0.4, 0.5) is 0 Å². The summed E-state index contributed by atoms with van der Waals surface area (Å²) in [4.78, 5) is 11.3. The molecule has 1 aromatic carbocycles. The highest BCUT2D eigenvalue weighted by molar-refractivity contribution is 5.91. The molecule has 0 radical (unpaired) electrons. The fourth-order valence-corrected chi connectivity index (χ4v) is 1.36. The van der Waals surface area contributed by atoms with Gasteiger partial charge in [0.1, 0.15) is 0 Å². The molecule has 0 unspecified atom stereocenters. The van der Waals surface area contributed by atoms with E-state index in [-0.39, 0.29) is 5.78 Å². The van der Waals surface area contributed by atoms with Crippen molar-refractivity contribution < 1.29 is 4.79 Å². The van der Waals surface area contributed by atoms with Crippen molar-refractivity contribution in [2.75, 3.05) is 0 Å². The van der Waals surface area contributed by atoms with E-state index in [0.29, 0.717) is 6.42 Å². The molecule has 0 spiro atoms. The number of carbonyl (C=O) groups is 1. The fraction of sp³-hybridized carbons (Fsp3) is 0.308. The van der Waals surface area contributed by atoms with Crippen LogP contribution >= 0.6 is 0 Å². The summed E-state index contributed by atoms with van der Waals surface area (Å²) in [7, 11) is 0. The van der Waals surface area contributed by atoms with Crippen molar-refractivity contribution in [1.82, 2.24) is 0 Å². The van der Waals surface area contributed by atoms with Crippen LogP contribution in [0.25, 0.3) is 0 Å². The third-order valence-electron chi connectivity index (χ3n) is 2.30. The Morgan fingerprint density at radius 1 is 1.29 bits per heavy atom. The fourth-order valence-electron chi connectivity index (χ4n) is 1.36. The van der Waals surface area contributed by atoms with E-state index >= 15 is 0 Å². The molecule has 14 heavy (non-hydrogen) atoms. The van der Waals surface area contributed by atoms with Crippen LogP contribution in [-0.2, 0) is 11.2 Å². The number of rotatable bonds is 3. The highest BCUT2D eigenvalue weighted by Gasteiger charge is 2.00. The zero-order valence-electron chi connectivity index (χ0n) is 9.00. The lowest BCUT2D eigenvalue weighted by molar-refractivity contribution is -0.114. The topological polar surface area (TPSA) is 17.1 Å². The Balaban J connectivity index is 2.78. The minimum absolute atomic E-state index is 0.163. The van der Waals surface area contributed by atoms with Gasteiger partial charge in [-0.05, 0) is 43.5 Å². The number of carbonyl (C=O) groups excluding carboxylic acids is 1. The molecule has 0 atom stereocenters. The zero-order chi connectivity index (χ0) is 10.6. The molecule has 0 heterocycles. The Hall–Kier alpha value is -1.37. The maximum atomic E-state index is 11.3. The highest BCUT2D eigenvalue weighted by atomic mass is 16.1. The first-order valence-corrected chi connectivity index (χ1v) is 4.85. The molecule has 0 aliphatic carbocycles. The summed E-state index contributed by atoms with van der Waals surface area (Å²) in [6, 6.07) is 6.16. The van der Waals surface area contributed by atoms with E-state index in [2.05, 4.69) is 26.0 Å². The summed E-state index contributed by atoms with van der Waals surface area (Å²) in [6.07, 6.45) is 3.91. The van der Waals surface area contributed by atoms with Crippen LogP contribution in [0.5, 0.6) is 0 Å². The molecule has 0 N–H and O–H groups in total. The molecule has 0 amide bonds. The Morgan fingerprint density at radius 2 is 2.00 bits per heavy atom. The van der Waals surface area contributed by atoms with E-state index in [1.165, 1.54) is 11.1 Å². The molecular weight excluding hydrogens is 172 g/mol. The van der Waals surface area contributed by atoms with Gasteiger partial charge in [-0.2, -0.15) is 0 Å². The SMILES string of the molecule is C/C=C/C(=O)Cc1ccc(C)c(C)c1. The van der Waals surface area contributed by atoms with Crippen LogP contribution < -0.4 is 0 Å². The number of allylic oxidation sites excluding steroid dienone is 2. The number of hydrogen-bond donors (Lipinski definition) is 0. The van der Waals surface area contributed by atoms with Gasteiger partial charge in [0.25, 0.3) is 0 Å². The summed E-state index contributed by atoms with van der Waals surface area (Å²) in [5, 5.41) is 0. The van der Waals surface area contributed by atoms with Gasteiger partial charge in [-0.15, -0.1) is 0 Å². The van der Waals surface area contributed by atoms with Crippen molar-refractivity contribution in [2.45, 2.75) is 27.2 Å². The molecular formula is C13H16O. The van der Waals surface area contributed by atoms with Crippen molar-refractivity contribution in [3.63, 3.8) is 0 Å². The number of benzene rings is 1. The lowest BCUT2D eigenvalue weighted by Gasteiger charge is -2.02. The van der Waals surface area contributed by atoms with Gasteiger partial charge in [0.05, 0.1) is 0 Å². The minimum atomic E-state index is 0.163. The molecule has 1 heteroatoms. The molecule has 0 saturated carbocycles. The van der Waals surface area contributed by atoms with E-state index in [1.54, 1.807) is 12.2 Å². The molecule has 0 fully saturated rings. The third kappa shape index (κ3) is 2.84. The summed E-state index contributed by atoms with van der Waals surface area (Å²) in [5.74, 6) is 0.163. The Bertz CT molecular complexity index is 361. The van der Waals surface area contributed by atoms with Crippen molar-refractivity contribution in [3.8, 4) is 0 Å². The monoisotopic (exact) mass is 188 g/mol. The van der Waals surface area contributed by atoms with E-state index in [4.69, 9.17) is 0 Å². The molecule has 1 aromatic rings. The minimum Gasteiger partial charge on any atom is -0.294 e. The smallest absolute Gasteiger partial charge is 0.159 e. The van der Waals surface area contributed by atoms with Crippen molar-refractivity contribution >= 4 is 5.78 Å². The third-order valence-corrected chi connectivity index (χ3v) is 2.30. The first-order valence-electron chi connectivity index (χ1n) is 4.85. The average Bonchev–Trinajstić information content (AvgIpc) is 2.12. The number of hydrogen-bond acceptors (Lipinski definition) is 1. The van der Waals surface area contributed by atoms with Crippen LogP contribution in [0.2, 0.25) is 0 Å². The van der Waals surface area contributed by atoms with Gasteiger partial charge < -0.3 is 0 Å². The van der Waals surface area contributed by atoms with Gasteiger partial charge >= 0.3 is 0 Å². The summed E-state index contributed by atoms with van der Waals surface area (Å²) >= 11 is 0. The second-order valence-corrected chi connectivity index (χ2v) is 3.56. The molecule has 74 valence electrons. The van der Waals surface area contributed by atoms with Crippen molar-refractivity contribution in [3.05, 3.63) is 47.0 Å². The predicted octanol–water partition coefficient (Wildman–Crippen LogP) is 2.99. The van der Waals surface area contributed by atoms with Crippen LogP contribution in [-0.4, -0.2) is 5.78 Å². The van der Waals surface area contributed by atoms with E-state index in [9.17, 15) is 4.79 Å². The normalized spacial score (nSPS) is 10.8. The quantitative estimate of drug-likeness (QED) is 0.666. The first-order chi connectivity index (χ1) is 6.63. The Labute approximate surface area is 85.5 Å². The Morgan fingerprint density at radius 3 is 2.57 bits per heavy atom. The van der Waals surface area contributed by atoms with E-state index < -0.39 is 0 Å². The molecule has 0 saturated heterocycles. The molecule has 1 rings (SSSR count). The Kier molecular flexibility index (Phi) is 3.63. The number of aryl methyl sites for hydroxylation is 2. The van der Waals surface area contributed by atoms with Gasteiger partial charge in [-0.25, -0.2) is 0 Å².